The molecule has 0 amide bonds. The number of halogens is 2. The fourth-order valence-corrected chi connectivity index (χ4v) is 2.18. The van der Waals surface area contributed by atoms with Crippen LogP contribution in [0.15, 0.2) is 22.7 Å². The van der Waals surface area contributed by atoms with Crippen LogP contribution in [0, 0.1) is 0 Å². The third kappa shape index (κ3) is 2.26. The maximum atomic E-state index is 6.16. The van der Waals surface area contributed by atoms with E-state index >= 15 is 0 Å². The number of hydrogen-bond donors (Lipinski definition) is 1. The monoisotopic (exact) mass is 270 g/mol. The summed E-state index contributed by atoms with van der Waals surface area (Å²) in [5, 5.41) is 5.08. The molecule has 0 saturated heterocycles. The van der Waals surface area contributed by atoms with Crippen LogP contribution >= 0.6 is 23.2 Å². The Labute approximate surface area is 109 Å². The molecule has 0 unspecified atom stereocenters. The molecule has 0 aliphatic heterocycles. The van der Waals surface area contributed by atoms with Gasteiger partial charge >= 0.3 is 0 Å². The molecule has 2 rings (SSSR count). The lowest BCUT2D eigenvalue weighted by Gasteiger charge is -2.07. The van der Waals surface area contributed by atoms with Gasteiger partial charge in [0.1, 0.15) is 0 Å². The number of rotatable bonds is 2. The molecule has 1 heterocycles. The van der Waals surface area contributed by atoms with Gasteiger partial charge in [-0.15, -0.1) is 0 Å². The zero-order valence-electron chi connectivity index (χ0n) is 9.50. The van der Waals surface area contributed by atoms with Crippen LogP contribution in [0.2, 0.25) is 10.0 Å². The Morgan fingerprint density at radius 1 is 1.29 bits per heavy atom. The summed E-state index contributed by atoms with van der Waals surface area (Å²) >= 11 is 12.0. The molecule has 0 saturated carbocycles. The summed E-state index contributed by atoms with van der Waals surface area (Å²) in [4.78, 5) is 0. The van der Waals surface area contributed by atoms with Gasteiger partial charge in [0.25, 0.3) is 0 Å². The number of nitrogens with two attached hydrogens (primary N) is 1. The Morgan fingerprint density at radius 3 is 2.59 bits per heavy atom. The average molecular weight is 271 g/mol. The van der Waals surface area contributed by atoms with Crippen molar-refractivity contribution in [3.05, 3.63) is 33.9 Å². The fraction of sp³-hybridized carbons (Fsp3) is 0.250. The van der Waals surface area contributed by atoms with E-state index in [1.54, 1.807) is 12.1 Å². The SMILES string of the molecule is CC(C)c1noc(N)c1-c1ccc(Cl)cc1Cl. The molecule has 0 aliphatic carbocycles. The summed E-state index contributed by atoms with van der Waals surface area (Å²) in [6.07, 6.45) is 0. The Balaban J connectivity index is 2.63. The number of aromatic nitrogens is 1. The van der Waals surface area contributed by atoms with Crippen molar-refractivity contribution in [2.75, 3.05) is 5.73 Å². The second-order valence-corrected chi connectivity index (χ2v) is 4.93. The normalized spacial score (nSPS) is 11.1. The lowest BCUT2D eigenvalue weighted by molar-refractivity contribution is 0.424. The minimum atomic E-state index is 0.206. The van der Waals surface area contributed by atoms with Crippen molar-refractivity contribution in [2.45, 2.75) is 19.8 Å². The van der Waals surface area contributed by atoms with Crippen LogP contribution in [0.25, 0.3) is 11.1 Å². The highest BCUT2D eigenvalue weighted by molar-refractivity contribution is 6.36. The quantitative estimate of drug-likeness (QED) is 0.883. The zero-order chi connectivity index (χ0) is 12.6. The van der Waals surface area contributed by atoms with E-state index in [2.05, 4.69) is 5.16 Å². The molecule has 0 atom stereocenters. The standard InChI is InChI=1S/C12H12Cl2N2O/c1-6(2)11-10(12(15)17-16-11)8-4-3-7(13)5-9(8)14/h3-6H,15H2,1-2H3. The maximum absolute atomic E-state index is 6.16. The van der Waals surface area contributed by atoms with Crippen LogP contribution in [-0.4, -0.2) is 5.16 Å². The van der Waals surface area contributed by atoms with Gasteiger partial charge in [0.2, 0.25) is 5.88 Å². The van der Waals surface area contributed by atoms with Crippen molar-refractivity contribution in [3.8, 4) is 11.1 Å². The Bertz CT molecular complexity index is 549. The van der Waals surface area contributed by atoms with E-state index in [4.69, 9.17) is 33.5 Å². The van der Waals surface area contributed by atoms with Crippen LogP contribution in [0.1, 0.15) is 25.5 Å². The molecule has 0 radical (unpaired) electrons. The molecule has 0 aliphatic rings. The van der Waals surface area contributed by atoms with Gasteiger partial charge < -0.3 is 10.3 Å². The van der Waals surface area contributed by atoms with Gasteiger partial charge in [-0.25, -0.2) is 0 Å². The van der Waals surface area contributed by atoms with Crippen molar-refractivity contribution < 1.29 is 4.52 Å². The molecule has 17 heavy (non-hydrogen) atoms. The molecular weight excluding hydrogens is 259 g/mol. The largest absolute Gasteiger partial charge is 0.367 e. The number of hydrogen-bond acceptors (Lipinski definition) is 3. The Morgan fingerprint density at radius 2 is 2.00 bits per heavy atom. The molecule has 5 heteroatoms. The summed E-state index contributed by atoms with van der Waals surface area (Å²) in [6.45, 7) is 4.04. The molecule has 0 spiro atoms. The van der Waals surface area contributed by atoms with Gasteiger partial charge in [0.15, 0.2) is 0 Å². The highest BCUT2D eigenvalue weighted by Crippen LogP contribution is 2.38. The van der Waals surface area contributed by atoms with Crippen LogP contribution in [0.4, 0.5) is 5.88 Å². The van der Waals surface area contributed by atoms with Crippen molar-refractivity contribution in [1.82, 2.24) is 5.16 Å². The van der Waals surface area contributed by atoms with Gasteiger partial charge in [0.05, 0.1) is 16.3 Å². The summed E-state index contributed by atoms with van der Waals surface area (Å²) < 4.78 is 5.03. The van der Waals surface area contributed by atoms with Gasteiger partial charge in [-0.05, 0) is 18.1 Å². The first-order valence-corrected chi connectivity index (χ1v) is 5.96. The average Bonchev–Trinajstić information content (AvgIpc) is 2.60. The van der Waals surface area contributed by atoms with E-state index in [1.807, 2.05) is 19.9 Å². The molecule has 1 aromatic carbocycles. The summed E-state index contributed by atoms with van der Waals surface area (Å²) in [5.74, 6) is 0.482. The second-order valence-electron chi connectivity index (χ2n) is 4.09. The predicted molar refractivity (Wildman–Crippen MR) is 70.5 cm³/mol. The van der Waals surface area contributed by atoms with E-state index in [-0.39, 0.29) is 11.8 Å². The summed E-state index contributed by atoms with van der Waals surface area (Å²) in [7, 11) is 0. The van der Waals surface area contributed by atoms with Gasteiger partial charge in [-0.2, -0.15) is 0 Å². The third-order valence-corrected chi connectivity index (χ3v) is 3.04. The lowest BCUT2D eigenvalue weighted by atomic mass is 9.99. The van der Waals surface area contributed by atoms with Gasteiger partial charge in [-0.1, -0.05) is 48.3 Å². The van der Waals surface area contributed by atoms with Crippen LogP contribution in [0.3, 0.4) is 0 Å². The number of benzene rings is 1. The van der Waals surface area contributed by atoms with E-state index in [0.717, 1.165) is 16.8 Å². The van der Waals surface area contributed by atoms with E-state index in [1.165, 1.54) is 0 Å². The molecule has 90 valence electrons. The smallest absolute Gasteiger partial charge is 0.230 e. The summed E-state index contributed by atoms with van der Waals surface area (Å²) in [6, 6.07) is 5.26. The van der Waals surface area contributed by atoms with E-state index < -0.39 is 0 Å². The van der Waals surface area contributed by atoms with Crippen molar-refractivity contribution in [2.24, 2.45) is 0 Å². The molecule has 0 bridgehead atoms. The van der Waals surface area contributed by atoms with Crippen molar-refractivity contribution in [3.63, 3.8) is 0 Å². The Hall–Kier alpha value is -1.19. The third-order valence-electron chi connectivity index (χ3n) is 2.49. The van der Waals surface area contributed by atoms with E-state index in [0.29, 0.717) is 10.0 Å². The summed E-state index contributed by atoms with van der Waals surface area (Å²) in [5.41, 5.74) is 8.14. The lowest BCUT2D eigenvalue weighted by Crippen LogP contribution is -1.93. The predicted octanol–water partition coefficient (Wildman–Crippen LogP) is 4.35. The highest BCUT2D eigenvalue weighted by atomic mass is 35.5. The van der Waals surface area contributed by atoms with Crippen LogP contribution < -0.4 is 5.73 Å². The molecular formula is C12H12Cl2N2O. The molecule has 2 aromatic rings. The fourth-order valence-electron chi connectivity index (χ4n) is 1.67. The van der Waals surface area contributed by atoms with Crippen molar-refractivity contribution >= 4 is 29.1 Å². The first-order valence-electron chi connectivity index (χ1n) is 5.21. The highest BCUT2D eigenvalue weighted by Gasteiger charge is 2.20. The number of nitrogens with zero attached hydrogens (tertiary/aromatic N) is 1. The first kappa shape index (κ1) is 12.3. The van der Waals surface area contributed by atoms with Gasteiger partial charge in [-0.3, -0.25) is 0 Å². The molecule has 3 nitrogen and oxygen atoms in total. The first-order chi connectivity index (χ1) is 8.00. The Kier molecular flexibility index (Phi) is 3.31. The molecule has 0 fully saturated rings. The maximum Gasteiger partial charge on any atom is 0.230 e. The van der Waals surface area contributed by atoms with Crippen LogP contribution in [-0.2, 0) is 0 Å². The molecule has 1 aromatic heterocycles. The minimum absolute atomic E-state index is 0.206. The zero-order valence-corrected chi connectivity index (χ0v) is 11.0. The van der Waals surface area contributed by atoms with Crippen LogP contribution in [0.5, 0.6) is 0 Å². The minimum Gasteiger partial charge on any atom is -0.367 e. The second kappa shape index (κ2) is 4.59. The van der Waals surface area contributed by atoms with Crippen molar-refractivity contribution in [1.29, 1.82) is 0 Å². The molecule has 2 N–H and O–H groups in total. The van der Waals surface area contributed by atoms with Gasteiger partial charge in [0, 0.05) is 10.6 Å². The number of nitrogen functional groups attached to an aromatic ring is 1. The topological polar surface area (TPSA) is 52.0 Å². The van der Waals surface area contributed by atoms with E-state index in [9.17, 15) is 0 Å². The number of anilines is 1.